The molecule has 4 N–H and O–H groups in total. The molecule has 3 rings (SSSR count). The summed E-state index contributed by atoms with van der Waals surface area (Å²) in [5.74, 6) is -0.446. The van der Waals surface area contributed by atoms with E-state index < -0.39 is 0 Å². The summed E-state index contributed by atoms with van der Waals surface area (Å²) >= 11 is 0. The molecule has 1 heterocycles. The molecule has 0 saturated carbocycles. The van der Waals surface area contributed by atoms with Gasteiger partial charge in [-0.1, -0.05) is 43.0 Å². The van der Waals surface area contributed by atoms with Gasteiger partial charge in [-0.05, 0) is 18.6 Å². The van der Waals surface area contributed by atoms with Gasteiger partial charge in [0, 0.05) is 21.9 Å². The van der Waals surface area contributed by atoms with Crippen LogP contribution in [-0.2, 0) is 0 Å². The largest absolute Gasteiger partial charge is 0.370 e. The van der Waals surface area contributed by atoms with Crippen LogP contribution in [0.2, 0.25) is 0 Å². The number of hydrogen-bond donors (Lipinski definition) is 2. The highest BCUT2D eigenvalue weighted by Gasteiger charge is 2.12. The molecule has 0 atom stereocenters. The molecule has 0 bridgehead atoms. The van der Waals surface area contributed by atoms with Gasteiger partial charge in [0.1, 0.15) is 5.82 Å². The molecule has 0 fully saturated rings. The van der Waals surface area contributed by atoms with Crippen molar-refractivity contribution in [1.82, 2.24) is 4.98 Å². The maximum atomic E-state index is 14.2. The number of hydrogen-bond acceptors (Lipinski definition) is 2. The summed E-state index contributed by atoms with van der Waals surface area (Å²) < 4.78 is 14.2. The van der Waals surface area contributed by atoms with Gasteiger partial charge >= 0.3 is 0 Å². The molecule has 3 aromatic rings. The lowest BCUT2D eigenvalue weighted by molar-refractivity contribution is 0.634. The lowest BCUT2D eigenvalue weighted by atomic mass is 9.98. The molecule has 0 spiro atoms. The third-order valence-electron chi connectivity index (χ3n) is 3.84. The molecule has 0 saturated heterocycles. The van der Waals surface area contributed by atoms with E-state index in [1.807, 2.05) is 37.3 Å². The second-order valence-electron chi connectivity index (χ2n) is 5.51. The number of guanidine groups is 1. The highest BCUT2D eigenvalue weighted by atomic mass is 19.1. The van der Waals surface area contributed by atoms with Gasteiger partial charge in [0.05, 0.1) is 17.6 Å². The third-order valence-corrected chi connectivity index (χ3v) is 3.84. The number of aromatic nitrogens is 1. The second kappa shape index (κ2) is 6.12. The van der Waals surface area contributed by atoms with Crippen LogP contribution in [0.3, 0.4) is 0 Å². The number of halogens is 1. The number of aliphatic imine (C=N–C) groups is 1. The predicted octanol–water partition coefficient (Wildman–Crippen LogP) is 3.59. The van der Waals surface area contributed by atoms with E-state index in [1.165, 1.54) is 6.20 Å². The minimum Gasteiger partial charge on any atom is -0.370 e. The van der Waals surface area contributed by atoms with Crippen LogP contribution in [0.15, 0.2) is 60.2 Å². The summed E-state index contributed by atoms with van der Waals surface area (Å²) in [4.78, 5) is 8.27. The molecule has 5 heteroatoms. The van der Waals surface area contributed by atoms with Gasteiger partial charge in [-0.25, -0.2) is 9.38 Å². The molecular formula is C19H17FN4. The fraction of sp³-hybridized carbons (Fsp3) is 0.0526. The van der Waals surface area contributed by atoms with E-state index >= 15 is 0 Å². The third kappa shape index (κ3) is 2.84. The number of nitrogens with zero attached hydrogens (tertiary/aromatic N) is 2. The molecule has 2 aromatic carbocycles. The first-order valence-electron chi connectivity index (χ1n) is 7.40. The first-order chi connectivity index (χ1) is 11.5. The van der Waals surface area contributed by atoms with E-state index in [1.54, 1.807) is 12.1 Å². The van der Waals surface area contributed by atoms with Gasteiger partial charge in [0.2, 0.25) is 0 Å². The Morgan fingerprint density at radius 3 is 2.58 bits per heavy atom. The normalized spacial score (nSPS) is 10.6. The zero-order valence-corrected chi connectivity index (χ0v) is 13.3. The average Bonchev–Trinajstić information content (AvgIpc) is 2.55. The highest BCUT2D eigenvalue weighted by Crippen LogP contribution is 2.32. The van der Waals surface area contributed by atoms with Crippen LogP contribution in [0, 0.1) is 12.7 Å². The van der Waals surface area contributed by atoms with Crippen molar-refractivity contribution >= 4 is 22.4 Å². The number of nitrogens with two attached hydrogens (primary N) is 2. The Morgan fingerprint density at radius 1 is 1.12 bits per heavy atom. The van der Waals surface area contributed by atoms with E-state index in [9.17, 15) is 4.39 Å². The summed E-state index contributed by atoms with van der Waals surface area (Å²) in [5.41, 5.74) is 14.7. The van der Waals surface area contributed by atoms with Crippen molar-refractivity contribution in [2.24, 2.45) is 16.5 Å². The SMILES string of the molecule is C=C(N=C(N)N)c1ccc2c(F)cnc(-c3ccccc3C)c2c1. The minimum absolute atomic E-state index is 0.0726. The van der Waals surface area contributed by atoms with Crippen molar-refractivity contribution in [3.05, 3.63) is 72.2 Å². The molecule has 1 aromatic heterocycles. The van der Waals surface area contributed by atoms with Crippen molar-refractivity contribution in [3.8, 4) is 11.3 Å². The maximum absolute atomic E-state index is 14.2. The standard InChI is InChI=1S/C19H17FN4/c1-11-5-3-4-6-14(11)18-16-9-13(12(2)24-19(21)22)7-8-15(16)17(20)10-23-18/h3-10H,2H2,1H3,(H4,21,22,24). The number of aryl methyl sites for hydroxylation is 1. The molecule has 0 radical (unpaired) electrons. The van der Waals surface area contributed by atoms with Crippen LogP contribution < -0.4 is 11.5 Å². The Hall–Kier alpha value is -3.21. The lowest BCUT2D eigenvalue weighted by Gasteiger charge is -2.11. The highest BCUT2D eigenvalue weighted by molar-refractivity contribution is 5.97. The minimum atomic E-state index is -0.374. The fourth-order valence-corrected chi connectivity index (χ4v) is 2.66. The van der Waals surface area contributed by atoms with Crippen molar-refractivity contribution < 1.29 is 4.39 Å². The summed E-state index contributed by atoms with van der Waals surface area (Å²) in [6.45, 7) is 5.85. The Kier molecular flexibility index (Phi) is 4.00. The molecular weight excluding hydrogens is 303 g/mol. The summed E-state index contributed by atoms with van der Waals surface area (Å²) in [5, 5.41) is 1.18. The first kappa shape index (κ1) is 15.7. The Balaban J connectivity index is 2.27. The topological polar surface area (TPSA) is 77.3 Å². The lowest BCUT2D eigenvalue weighted by Crippen LogP contribution is -2.22. The summed E-state index contributed by atoms with van der Waals surface area (Å²) in [6, 6.07) is 13.1. The molecule has 0 aliphatic rings. The van der Waals surface area contributed by atoms with Crippen LogP contribution in [0.1, 0.15) is 11.1 Å². The average molecular weight is 320 g/mol. The van der Waals surface area contributed by atoms with E-state index in [2.05, 4.69) is 16.6 Å². The smallest absolute Gasteiger partial charge is 0.191 e. The Labute approximate surface area is 139 Å². The molecule has 24 heavy (non-hydrogen) atoms. The zero-order chi connectivity index (χ0) is 17.3. The van der Waals surface area contributed by atoms with Crippen molar-refractivity contribution in [2.45, 2.75) is 6.92 Å². The van der Waals surface area contributed by atoms with E-state index in [-0.39, 0.29) is 11.8 Å². The van der Waals surface area contributed by atoms with Crippen LogP contribution >= 0.6 is 0 Å². The van der Waals surface area contributed by atoms with Crippen LogP contribution in [-0.4, -0.2) is 10.9 Å². The number of benzene rings is 2. The van der Waals surface area contributed by atoms with Gasteiger partial charge in [-0.15, -0.1) is 0 Å². The Bertz CT molecular complexity index is 972. The van der Waals surface area contributed by atoms with Gasteiger partial charge in [-0.2, -0.15) is 0 Å². The van der Waals surface area contributed by atoms with E-state index in [4.69, 9.17) is 11.5 Å². The number of rotatable bonds is 3. The predicted molar refractivity (Wildman–Crippen MR) is 96.7 cm³/mol. The van der Waals surface area contributed by atoms with Crippen molar-refractivity contribution in [3.63, 3.8) is 0 Å². The van der Waals surface area contributed by atoms with Gasteiger partial charge < -0.3 is 11.5 Å². The van der Waals surface area contributed by atoms with Crippen LogP contribution in [0.4, 0.5) is 4.39 Å². The molecule has 0 amide bonds. The summed E-state index contributed by atoms with van der Waals surface area (Å²) in [6.07, 6.45) is 1.24. The zero-order valence-electron chi connectivity index (χ0n) is 13.3. The van der Waals surface area contributed by atoms with Gasteiger partial charge in [0.15, 0.2) is 5.96 Å². The molecule has 0 aliphatic heterocycles. The van der Waals surface area contributed by atoms with E-state index in [0.717, 1.165) is 11.1 Å². The number of fused-ring (bicyclic) bond motifs is 1. The second-order valence-corrected chi connectivity index (χ2v) is 5.51. The fourth-order valence-electron chi connectivity index (χ4n) is 2.66. The summed E-state index contributed by atoms with van der Waals surface area (Å²) in [7, 11) is 0. The monoisotopic (exact) mass is 320 g/mol. The maximum Gasteiger partial charge on any atom is 0.191 e. The Morgan fingerprint density at radius 2 is 1.88 bits per heavy atom. The van der Waals surface area contributed by atoms with Crippen molar-refractivity contribution in [2.75, 3.05) is 0 Å². The van der Waals surface area contributed by atoms with Crippen molar-refractivity contribution in [1.29, 1.82) is 0 Å². The van der Waals surface area contributed by atoms with Gasteiger partial charge in [0.25, 0.3) is 0 Å². The quantitative estimate of drug-likeness (QED) is 0.572. The molecule has 0 aliphatic carbocycles. The molecule has 0 unspecified atom stereocenters. The van der Waals surface area contributed by atoms with Crippen LogP contribution in [0.25, 0.3) is 27.7 Å². The number of pyridine rings is 1. The van der Waals surface area contributed by atoms with Gasteiger partial charge in [-0.3, -0.25) is 4.98 Å². The molecule has 120 valence electrons. The van der Waals surface area contributed by atoms with Crippen LogP contribution in [0.5, 0.6) is 0 Å². The molecule has 4 nitrogen and oxygen atoms in total. The van der Waals surface area contributed by atoms with E-state index in [0.29, 0.717) is 27.7 Å². The first-order valence-corrected chi connectivity index (χ1v) is 7.40.